The van der Waals surface area contributed by atoms with Crippen LogP contribution in [-0.2, 0) is 6.42 Å². The molecule has 2 aromatic heterocycles. The molecule has 0 saturated carbocycles. The van der Waals surface area contributed by atoms with E-state index in [1.807, 2.05) is 24.0 Å². The van der Waals surface area contributed by atoms with Gasteiger partial charge in [-0.05, 0) is 42.9 Å². The highest BCUT2D eigenvalue weighted by Gasteiger charge is 2.39. The number of fused-ring (bicyclic) bond motifs is 1. The summed E-state index contributed by atoms with van der Waals surface area (Å²) < 4.78 is 5.98. The number of furan rings is 1. The molecule has 2 aromatic rings. The van der Waals surface area contributed by atoms with Crippen molar-refractivity contribution in [1.29, 1.82) is 0 Å². The van der Waals surface area contributed by atoms with Crippen LogP contribution in [0, 0.1) is 12.3 Å². The van der Waals surface area contributed by atoms with Gasteiger partial charge in [-0.2, -0.15) is 0 Å². The first-order valence-corrected chi connectivity index (χ1v) is 9.24. The highest BCUT2D eigenvalue weighted by molar-refractivity contribution is 6.03. The zero-order chi connectivity index (χ0) is 18.5. The fourth-order valence-corrected chi connectivity index (χ4v) is 4.36. The number of hydrogen-bond donors (Lipinski definition) is 0. The van der Waals surface area contributed by atoms with Crippen LogP contribution in [0.1, 0.15) is 77.0 Å². The lowest BCUT2D eigenvalue weighted by Crippen LogP contribution is -2.30. The van der Waals surface area contributed by atoms with Crippen LogP contribution in [0.25, 0.3) is 0 Å². The van der Waals surface area contributed by atoms with Gasteiger partial charge in [0.25, 0.3) is 5.91 Å². The van der Waals surface area contributed by atoms with E-state index in [4.69, 9.17) is 4.42 Å². The molecule has 2 aliphatic rings. The maximum absolute atomic E-state index is 13.2. The van der Waals surface area contributed by atoms with Crippen LogP contribution in [0.3, 0.4) is 0 Å². The van der Waals surface area contributed by atoms with E-state index in [1.165, 1.54) is 0 Å². The summed E-state index contributed by atoms with van der Waals surface area (Å²) in [5.41, 5.74) is 2.30. The second kappa shape index (κ2) is 6.08. The molecule has 0 radical (unpaired) electrons. The molecule has 1 fully saturated rings. The van der Waals surface area contributed by atoms with Gasteiger partial charge in [0.1, 0.15) is 5.76 Å². The van der Waals surface area contributed by atoms with Gasteiger partial charge >= 0.3 is 0 Å². The van der Waals surface area contributed by atoms with Crippen molar-refractivity contribution in [2.75, 3.05) is 6.54 Å². The van der Waals surface area contributed by atoms with Gasteiger partial charge < -0.3 is 9.32 Å². The normalized spacial score (nSPS) is 21.7. The Morgan fingerprint density at radius 2 is 2.00 bits per heavy atom. The predicted molar refractivity (Wildman–Crippen MR) is 97.1 cm³/mol. The molecule has 3 heterocycles. The SMILES string of the molecule is Cc1c(C(=O)N2CCCC2c2ccncc2)oc2c1C(=O)CC(C)(C)C2. The summed E-state index contributed by atoms with van der Waals surface area (Å²) >= 11 is 0. The van der Waals surface area contributed by atoms with Crippen molar-refractivity contribution in [1.82, 2.24) is 9.88 Å². The smallest absolute Gasteiger partial charge is 0.290 e. The number of carbonyl (C=O) groups excluding carboxylic acids is 2. The molecule has 0 N–H and O–H groups in total. The second-order valence-electron chi connectivity index (χ2n) is 8.23. The first-order chi connectivity index (χ1) is 12.4. The number of likely N-dealkylation sites (tertiary alicyclic amines) is 1. The van der Waals surface area contributed by atoms with Crippen molar-refractivity contribution in [2.45, 2.75) is 52.5 Å². The molecule has 5 nitrogen and oxygen atoms in total. The minimum atomic E-state index is -0.123. The number of ketones is 1. The highest BCUT2D eigenvalue weighted by Crippen LogP contribution is 2.40. The minimum Gasteiger partial charge on any atom is -0.455 e. The summed E-state index contributed by atoms with van der Waals surface area (Å²) in [6.07, 6.45) is 6.60. The van der Waals surface area contributed by atoms with Crippen LogP contribution in [-0.4, -0.2) is 28.1 Å². The minimum absolute atomic E-state index is 0.0409. The molecule has 1 aliphatic heterocycles. The molecule has 0 spiro atoms. The third kappa shape index (κ3) is 2.75. The topological polar surface area (TPSA) is 63.4 Å². The van der Waals surface area contributed by atoms with Gasteiger partial charge in [0, 0.05) is 37.3 Å². The number of rotatable bonds is 2. The molecule has 1 aliphatic carbocycles. The largest absolute Gasteiger partial charge is 0.455 e. The Bertz CT molecular complexity index is 867. The Labute approximate surface area is 153 Å². The molecule has 0 aromatic carbocycles. The maximum atomic E-state index is 13.2. The molecule has 5 heteroatoms. The van der Waals surface area contributed by atoms with E-state index < -0.39 is 0 Å². The van der Waals surface area contributed by atoms with Crippen LogP contribution in [0.5, 0.6) is 0 Å². The van der Waals surface area contributed by atoms with Crippen molar-refractivity contribution >= 4 is 11.7 Å². The van der Waals surface area contributed by atoms with Gasteiger partial charge in [-0.25, -0.2) is 0 Å². The number of carbonyl (C=O) groups is 2. The number of nitrogens with zero attached hydrogens (tertiary/aromatic N) is 2. The Morgan fingerprint density at radius 1 is 1.27 bits per heavy atom. The monoisotopic (exact) mass is 352 g/mol. The quantitative estimate of drug-likeness (QED) is 0.816. The zero-order valence-electron chi connectivity index (χ0n) is 15.5. The summed E-state index contributed by atoms with van der Waals surface area (Å²) in [5, 5.41) is 0. The fourth-order valence-electron chi connectivity index (χ4n) is 4.36. The number of pyridine rings is 1. The average molecular weight is 352 g/mol. The highest BCUT2D eigenvalue weighted by atomic mass is 16.4. The summed E-state index contributed by atoms with van der Waals surface area (Å²) in [4.78, 5) is 31.8. The van der Waals surface area contributed by atoms with Crippen molar-refractivity contribution in [3.63, 3.8) is 0 Å². The van der Waals surface area contributed by atoms with Crippen LogP contribution in [0.15, 0.2) is 28.9 Å². The van der Waals surface area contributed by atoms with Crippen LogP contribution >= 0.6 is 0 Å². The van der Waals surface area contributed by atoms with Gasteiger partial charge in [0.05, 0.1) is 11.6 Å². The van der Waals surface area contributed by atoms with E-state index in [0.29, 0.717) is 42.0 Å². The number of Topliss-reactive ketones (excluding diaryl/α,β-unsaturated/α-hetero) is 1. The molecule has 1 atom stereocenters. The van der Waals surface area contributed by atoms with Crippen molar-refractivity contribution in [3.8, 4) is 0 Å². The Kier molecular flexibility index (Phi) is 3.98. The third-order valence-corrected chi connectivity index (χ3v) is 5.58. The Hall–Kier alpha value is -2.43. The van der Waals surface area contributed by atoms with E-state index >= 15 is 0 Å². The van der Waals surface area contributed by atoms with E-state index in [-0.39, 0.29) is 23.1 Å². The van der Waals surface area contributed by atoms with E-state index in [2.05, 4.69) is 18.8 Å². The molecular weight excluding hydrogens is 328 g/mol. The van der Waals surface area contributed by atoms with E-state index in [1.54, 1.807) is 12.4 Å². The maximum Gasteiger partial charge on any atom is 0.290 e. The van der Waals surface area contributed by atoms with Gasteiger partial charge in [0.15, 0.2) is 11.5 Å². The van der Waals surface area contributed by atoms with E-state index in [0.717, 1.165) is 18.4 Å². The van der Waals surface area contributed by atoms with Gasteiger partial charge in [-0.1, -0.05) is 13.8 Å². The molecule has 26 heavy (non-hydrogen) atoms. The second-order valence-corrected chi connectivity index (χ2v) is 8.23. The number of hydrogen-bond acceptors (Lipinski definition) is 4. The molecular formula is C21H24N2O3. The number of aromatic nitrogens is 1. The molecule has 1 saturated heterocycles. The van der Waals surface area contributed by atoms with Crippen molar-refractivity contribution in [2.24, 2.45) is 5.41 Å². The molecule has 0 bridgehead atoms. The lowest BCUT2D eigenvalue weighted by atomic mass is 9.76. The predicted octanol–water partition coefficient (Wildman–Crippen LogP) is 4.12. The first kappa shape index (κ1) is 17.0. The number of amides is 1. The summed E-state index contributed by atoms with van der Waals surface area (Å²) in [6, 6.07) is 3.96. The van der Waals surface area contributed by atoms with Gasteiger partial charge in [0.2, 0.25) is 0 Å². The first-order valence-electron chi connectivity index (χ1n) is 9.24. The van der Waals surface area contributed by atoms with Gasteiger partial charge in [-0.3, -0.25) is 14.6 Å². The summed E-state index contributed by atoms with van der Waals surface area (Å²) in [6.45, 7) is 6.67. The van der Waals surface area contributed by atoms with Crippen molar-refractivity contribution < 1.29 is 14.0 Å². The third-order valence-electron chi connectivity index (χ3n) is 5.58. The molecule has 4 rings (SSSR count). The lowest BCUT2D eigenvalue weighted by Gasteiger charge is -2.27. The molecule has 136 valence electrons. The fraction of sp³-hybridized carbons (Fsp3) is 0.476. The van der Waals surface area contributed by atoms with Crippen LogP contribution in [0.2, 0.25) is 0 Å². The molecule has 1 amide bonds. The van der Waals surface area contributed by atoms with Gasteiger partial charge in [-0.15, -0.1) is 0 Å². The summed E-state index contributed by atoms with van der Waals surface area (Å²) in [5.74, 6) is 0.985. The standard InChI is InChI=1S/C21H24N2O3/c1-13-18-16(24)11-21(2,3)12-17(18)26-19(13)20(25)23-10-4-5-15(23)14-6-8-22-9-7-14/h6-9,15H,4-5,10-12H2,1-3H3. The van der Waals surface area contributed by atoms with Crippen molar-refractivity contribution in [3.05, 3.63) is 52.7 Å². The zero-order valence-corrected chi connectivity index (χ0v) is 15.5. The molecule has 1 unspecified atom stereocenters. The van der Waals surface area contributed by atoms with Crippen LogP contribution < -0.4 is 0 Å². The van der Waals surface area contributed by atoms with Crippen LogP contribution in [0.4, 0.5) is 0 Å². The average Bonchev–Trinajstić information content (AvgIpc) is 3.19. The summed E-state index contributed by atoms with van der Waals surface area (Å²) in [7, 11) is 0. The Balaban J connectivity index is 1.68. The van der Waals surface area contributed by atoms with E-state index in [9.17, 15) is 9.59 Å². The Morgan fingerprint density at radius 3 is 2.73 bits per heavy atom. The lowest BCUT2D eigenvalue weighted by molar-refractivity contribution is 0.0697.